The van der Waals surface area contributed by atoms with Crippen LogP contribution in [0.15, 0.2) is 15.0 Å². The van der Waals surface area contributed by atoms with E-state index in [1.54, 1.807) is 13.0 Å². The van der Waals surface area contributed by atoms with Crippen molar-refractivity contribution in [2.75, 3.05) is 5.73 Å². The summed E-state index contributed by atoms with van der Waals surface area (Å²) < 4.78 is 0.750. The molecule has 0 aliphatic carbocycles. The second kappa shape index (κ2) is 3.63. The summed E-state index contributed by atoms with van der Waals surface area (Å²) in [5, 5.41) is 10.6. The number of nitrogens with two attached hydrogens (primary N) is 1. The Hall–Kier alpha value is -0.620. The highest BCUT2D eigenvalue weighted by molar-refractivity contribution is 9.11. The SMILES string of the molecule is Cc1cc(Br)c([N+](=O)[O-])c(Br)c1N. The van der Waals surface area contributed by atoms with Crippen molar-refractivity contribution in [1.29, 1.82) is 0 Å². The first-order valence-electron chi connectivity index (χ1n) is 3.33. The van der Waals surface area contributed by atoms with Crippen LogP contribution in [0.4, 0.5) is 11.4 Å². The van der Waals surface area contributed by atoms with E-state index in [-0.39, 0.29) is 5.69 Å². The van der Waals surface area contributed by atoms with Crippen LogP contribution >= 0.6 is 31.9 Å². The monoisotopic (exact) mass is 308 g/mol. The molecule has 0 aliphatic heterocycles. The molecule has 0 unspecified atom stereocenters. The number of hydrogen-bond donors (Lipinski definition) is 1. The van der Waals surface area contributed by atoms with Gasteiger partial charge in [0.15, 0.2) is 0 Å². The molecule has 0 aliphatic rings. The van der Waals surface area contributed by atoms with Crippen molar-refractivity contribution >= 4 is 43.2 Å². The number of rotatable bonds is 1. The van der Waals surface area contributed by atoms with Crippen molar-refractivity contribution in [2.24, 2.45) is 0 Å². The number of nitro benzene ring substituents is 1. The van der Waals surface area contributed by atoms with Crippen molar-refractivity contribution in [3.8, 4) is 0 Å². The van der Waals surface area contributed by atoms with Crippen LogP contribution in [0.3, 0.4) is 0 Å². The van der Waals surface area contributed by atoms with Crippen LogP contribution in [0.25, 0.3) is 0 Å². The van der Waals surface area contributed by atoms with Gasteiger partial charge in [0, 0.05) is 0 Å². The van der Waals surface area contributed by atoms with E-state index in [1.807, 2.05) is 0 Å². The van der Waals surface area contributed by atoms with Gasteiger partial charge in [0.05, 0.1) is 15.1 Å². The third kappa shape index (κ3) is 1.83. The van der Waals surface area contributed by atoms with Gasteiger partial charge in [-0.3, -0.25) is 10.1 Å². The molecule has 1 aromatic rings. The quantitative estimate of drug-likeness (QED) is 0.492. The lowest BCUT2D eigenvalue weighted by atomic mass is 10.2. The molecule has 0 amide bonds. The molecule has 0 radical (unpaired) electrons. The first-order chi connectivity index (χ1) is 5.95. The van der Waals surface area contributed by atoms with E-state index in [2.05, 4.69) is 31.9 Å². The Kier molecular flexibility index (Phi) is 2.92. The van der Waals surface area contributed by atoms with Crippen LogP contribution in [0.1, 0.15) is 5.56 Å². The molecule has 0 bridgehead atoms. The van der Waals surface area contributed by atoms with Crippen molar-refractivity contribution in [3.63, 3.8) is 0 Å². The highest BCUT2D eigenvalue weighted by Crippen LogP contribution is 2.38. The van der Waals surface area contributed by atoms with Gasteiger partial charge in [-0.05, 0) is 50.4 Å². The lowest BCUT2D eigenvalue weighted by molar-refractivity contribution is -0.386. The minimum absolute atomic E-state index is 0.0388. The van der Waals surface area contributed by atoms with Gasteiger partial charge in [-0.25, -0.2) is 0 Å². The molecular formula is C7H6Br2N2O2. The Morgan fingerprint density at radius 1 is 1.54 bits per heavy atom. The average Bonchev–Trinajstić information content (AvgIpc) is 1.99. The van der Waals surface area contributed by atoms with Crippen molar-refractivity contribution < 1.29 is 4.92 Å². The fraction of sp³-hybridized carbons (Fsp3) is 0.143. The molecule has 0 heterocycles. The highest BCUT2D eigenvalue weighted by Gasteiger charge is 2.20. The second-order valence-electron chi connectivity index (χ2n) is 2.51. The van der Waals surface area contributed by atoms with Gasteiger partial charge >= 0.3 is 0 Å². The minimum Gasteiger partial charge on any atom is -0.397 e. The molecule has 0 atom stereocenters. The topological polar surface area (TPSA) is 69.2 Å². The van der Waals surface area contributed by atoms with Crippen LogP contribution in [0.5, 0.6) is 0 Å². The number of nitrogen functional groups attached to an aromatic ring is 1. The number of benzene rings is 1. The second-order valence-corrected chi connectivity index (χ2v) is 4.16. The third-order valence-electron chi connectivity index (χ3n) is 1.62. The zero-order valence-electron chi connectivity index (χ0n) is 6.67. The lowest BCUT2D eigenvalue weighted by Gasteiger charge is -2.05. The molecule has 6 heteroatoms. The summed E-state index contributed by atoms with van der Waals surface area (Å²) in [7, 11) is 0. The van der Waals surface area contributed by atoms with Crippen molar-refractivity contribution in [2.45, 2.75) is 6.92 Å². The maximum Gasteiger partial charge on any atom is 0.299 e. The molecule has 0 spiro atoms. The number of nitro groups is 1. The normalized spacial score (nSPS) is 10.1. The summed E-state index contributed by atoms with van der Waals surface area (Å²) in [5.41, 5.74) is 6.77. The summed E-state index contributed by atoms with van der Waals surface area (Å²) in [6, 6.07) is 1.62. The van der Waals surface area contributed by atoms with Gasteiger partial charge in [0.25, 0.3) is 5.69 Å². The van der Waals surface area contributed by atoms with Gasteiger partial charge in [0.2, 0.25) is 0 Å². The Bertz CT molecular complexity index is 379. The van der Waals surface area contributed by atoms with Crippen molar-refractivity contribution in [1.82, 2.24) is 0 Å². The molecule has 0 saturated heterocycles. The third-order valence-corrected chi connectivity index (χ3v) is 3.03. The Labute approximate surface area is 91.5 Å². The van der Waals surface area contributed by atoms with E-state index in [9.17, 15) is 10.1 Å². The van der Waals surface area contributed by atoms with E-state index in [0.717, 1.165) is 5.56 Å². The largest absolute Gasteiger partial charge is 0.397 e. The molecule has 1 aromatic carbocycles. The number of halogens is 2. The van der Waals surface area contributed by atoms with E-state index < -0.39 is 4.92 Å². The lowest BCUT2D eigenvalue weighted by Crippen LogP contribution is -1.97. The summed E-state index contributed by atoms with van der Waals surface area (Å²) in [6.07, 6.45) is 0. The number of anilines is 1. The minimum atomic E-state index is -0.482. The summed E-state index contributed by atoms with van der Waals surface area (Å²) >= 11 is 6.19. The van der Waals surface area contributed by atoms with E-state index in [4.69, 9.17) is 5.73 Å². The van der Waals surface area contributed by atoms with Crippen molar-refractivity contribution in [3.05, 3.63) is 30.7 Å². The van der Waals surface area contributed by atoms with Crippen LogP contribution in [0.2, 0.25) is 0 Å². The van der Waals surface area contributed by atoms with Gasteiger partial charge in [0.1, 0.15) is 4.47 Å². The van der Waals surface area contributed by atoms with Gasteiger partial charge in [-0.15, -0.1) is 0 Å². The molecular weight excluding hydrogens is 304 g/mol. The Morgan fingerprint density at radius 3 is 2.54 bits per heavy atom. The molecule has 1 rings (SSSR count). The van der Waals surface area contributed by atoms with E-state index >= 15 is 0 Å². The highest BCUT2D eigenvalue weighted by atomic mass is 79.9. The Balaban J connectivity index is 3.53. The standard InChI is InChI=1S/C7H6Br2N2O2/c1-3-2-4(8)7(11(12)13)5(9)6(3)10/h2H,10H2,1H3. The molecule has 13 heavy (non-hydrogen) atoms. The number of nitrogens with zero attached hydrogens (tertiary/aromatic N) is 1. The van der Waals surface area contributed by atoms with E-state index in [1.165, 1.54) is 0 Å². The number of aryl methyl sites for hydroxylation is 1. The zero-order chi connectivity index (χ0) is 10.2. The van der Waals surface area contributed by atoms with Gasteiger partial charge < -0.3 is 5.73 Å². The first-order valence-corrected chi connectivity index (χ1v) is 4.92. The smallest absolute Gasteiger partial charge is 0.299 e. The van der Waals surface area contributed by atoms with Crippen LogP contribution in [0, 0.1) is 17.0 Å². The van der Waals surface area contributed by atoms with Crippen LogP contribution in [-0.2, 0) is 0 Å². The molecule has 0 fully saturated rings. The fourth-order valence-corrected chi connectivity index (χ4v) is 2.53. The Morgan fingerprint density at radius 2 is 2.08 bits per heavy atom. The fourth-order valence-electron chi connectivity index (χ4n) is 0.909. The summed E-state index contributed by atoms with van der Waals surface area (Å²) in [5.74, 6) is 0. The first kappa shape index (κ1) is 10.5. The predicted octanol–water partition coefficient (Wildman–Crippen LogP) is 3.01. The van der Waals surface area contributed by atoms with Crippen LogP contribution < -0.4 is 5.73 Å². The van der Waals surface area contributed by atoms with Gasteiger partial charge in [-0.1, -0.05) is 0 Å². The molecule has 4 nitrogen and oxygen atoms in total. The maximum absolute atomic E-state index is 10.6. The van der Waals surface area contributed by atoms with Gasteiger partial charge in [-0.2, -0.15) is 0 Å². The average molecular weight is 310 g/mol. The molecule has 2 N–H and O–H groups in total. The predicted molar refractivity (Wildman–Crippen MR) is 57.6 cm³/mol. The van der Waals surface area contributed by atoms with Crippen LogP contribution in [-0.4, -0.2) is 4.92 Å². The number of hydrogen-bond acceptors (Lipinski definition) is 3. The molecule has 70 valence electrons. The zero-order valence-corrected chi connectivity index (χ0v) is 9.85. The van der Waals surface area contributed by atoms with E-state index in [0.29, 0.717) is 14.6 Å². The molecule has 0 saturated carbocycles. The summed E-state index contributed by atoms with van der Waals surface area (Å²) in [6.45, 7) is 1.79. The maximum atomic E-state index is 10.6. The molecule has 0 aromatic heterocycles. The summed E-state index contributed by atoms with van der Waals surface area (Å²) in [4.78, 5) is 10.1.